The largest absolute Gasteiger partial charge is 0.383 e. The van der Waals surface area contributed by atoms with Crippen molar-refractivity contribution in [3.05, 3.63) is 21.9 Å². The zero-order chi connectivity index (χ0) is 11.3. The van der Waals surface area contributed by atoms with Crippen LogP contribution in [0.5, 0.6) is 0 Å². The Kier molecular flexibility index (Phi) is 4.74. The number of rotatable bonds is 5. The molecule has 0 bridgehead atoms. The SMILES string of the molecule is COCC(N)C(=O)NCc1cscc1C. The Morgan fingerprint density at radius 3 is 2.93 bits per heavy atom. The third-order valence-corrected chi connectivity index (χ3v) is 3.01. The van der Waals surface area contributed by atoms with Crippen LogP contribution in [0, 0.1) is 6.92 Å². The first-order valence-electron chi connectivity index (χ1n) is 4.69. The van der Waals surface area contributed by atoms with E-state index in [9.17, 15) is 4.79 Å². The first-order chi connectivity index (χ1) is 7.15. The summed E-state index contributed by atoms with van der Waals surface area (Å²) in [6.07, 6.45) is 0. The maximum Gasteiger partial charge on any atom is 0.239 e. The molecular formula is C10H16N2O2S. The van der Waals surface area contributed by atoms with E-state index in [1.165, 1.54) is 12.7 Å². The Morgan fingerprint density at radius 1 is 1.67 bits per heavy atom. The second kappa shape index (κ2) is 5.85. The van der Waals surface area contributed by atoms with E-state index < -0.39 is 6.04 Å². The lowest BCUT2D eigenvalue weighted by Gasteiger charge is -2.10. The number of nitrogens with two attached hydrogens (primary N) is 1. The average Bonchev–Trinajstić information content (AvgIpc) is 2.61. The van der Waals surface area contributed by atoms with E-state index in [1.54, 1.807) is 11.3 Å². The summed E-state index contributed by atoms with van der Waals surface area (Å²) in [5.74, 6) is -0.178. The van der Waals surface area contributed by atoms with Crippen LogP contribution in [0.4, 0.5) is 0 Å². The van der Waals surface area contributed by atoms with E-state index in [0.717, 1.165) is 5.56 Å². The van der Waals surface area contributed by atoms with Crippen molar-refractivity contribution in [1.29, 1.82) is 0 Å². The van der Waals surface area contributed by atoms with Gasteiger partial charge in [-0.3, -0.25) is 4.79 Å². The minimum atomic E-state index is -0.589. The van der Waals surface area contributed by atoms with Crippen molar-refractivity contribution in [2.75, 3.05) is 13.7 Å². The third kappa shape index (κ3) is 3.62. The van der Waals surface area contributed by atoms with Gasteiger partial charge in [-0.25, -0.2) is 0 Å². The number of ether oxygens (including phenoxy) is 1. The maximum atomic E-state index is 11.4. The highest BCUT2D eigenvalue weighted by Crippen LogP contribution is 2.12. The standard InChI is InChI=1S/C10H16N2O2S/c1-7-5-15-6-8(7)3-12-10(13)9(11)4-14-2/h5-6,9H,3-4,11H2,1-2H3,(H,12,13). The van der Waals surface area contributed by atoms with Crippen molar-refractivity contribution in [3.63, 3.8) is 0 Å². The highest BCUT2D eigenvalue weighted by Gasteiger charge is 2.12. The summed E-state index contributed by atoms with van der Waals surface area (Å²) in [5.41, 5.74) is 7.90. The lowest BCUT2D eigenvalue weighted by molar-refractivity contribution is -0.123. The normalized spacial score (nSPS) is 12.5. The molecule has 1 heterocycles. The summed E-state index contributed by atoms with van der Waals surface area (Å²) in [6, 6.07) is -0.589. The molecule has 1 amide bonds. The predicted molar refractivity (Wildman–Crippen MR) is 60.8 cm³/mol. The van der Waals surface area contributed by atoms with Crippen LogP contribution in [0.25, 0.3) is 0 Å². The summed E-state index contributed by atoms with van der Waals surface area (Å²) in [4.78, 5) is 11.4. The van der Waals surface area contributed by atoms with E-state index in [4.69, 9.17) is 10.5 Å². The quantitative estimate of drug-likeness (QED) is 0.777. The summed E-state index contributed by atoms with van der Waals surface area (Å²) < 4.78 is 4.80. The number of carbonyl (C=O) groups is 1. The monoisotopic (exact) mass is 228 g/mol. The summed E-state index contributed by atoms with van der Waals surface area (Å²) >= 11 is 1.63. The molecule has 3 N–H and O–H groups in total. The number of methoxy groups -OCH3 is 1. The van der Waals surface area contributed by atoms with E-state index in [2.05, 4.69) is 10.7 Å². The van der Waals surface area contributed by atoms with Gasteiger partial charge in [0.1, 0.15) is 6.04 Å². The molecule has 0 aliphatic heterocycles. The van der Waals surface area contributed by atoms with Gasteiger partial charge in [-0.15, -0.1) is 0 Å². The number of carbonyl (C=O) groups excluding carboxylic acids is 1. The smallest absolute Gasteiger partial charge is 0.239 e. The minimum Gasteiger partial charge on any atom is -0.383 e. The van der Waals surface area contributed by atoms with Crippen molar-refractivity contribution >= 4 is 17.2 Å². The lowest BCUT2D eigenvalue weighted by Crippen LogP contribution is -2.43. The Morgan fingerprint density at radius 2 is 2.40 bits per heavy atom. The zero-order valence-corrected chi connectivity index (χ0v) is 9.76. The van der Waals surface area contributed by atoms with Crippen LogP contribution in [-0.2, 0) is 16.1 Å². The topological polar surface area (TPSA) is 64.3 Å². The minimum absolute atomic E-state index is 0.178. The predicted octanol–water partition coefficient (Wildman–Crippen LogP) is 0.646. The first-order valence-corrected chi connectivity index (χ1v) is 5.63. The zero-order valence-electron chi connectivity index (χ0n) is 8.95. The molecule has 0 saturated carbocycles. The second-order valence-corrected chi connectivity index (χ2v) is 4.10. The molecular weight excluding hydrogens is 212 g/mol. The van der Waals surface area contributed by atoms with E-state index in [-0.39, 0.29) is 12.5 Å². The molecule has 0 fully saturated rings. The Labute approximate surface area is 93.4 Å². The molecule has 0 aromatic carbocycles. The highest BCUT2D eigenvalue weighted by molar-refractivity contribution is 7.08. The van der Waals surface area contributed by atoms with Crippen LogP contribution >= 0.6 is 11.3 Å². The van der Waals surface area contributed by atoms with Gasteiger partial charge in [0.15, 0.2) is 0 Å². The van der Waals surface area contributed by atoms with E-state index >= 15 is 0 Å². The Bertz CT molecular complexity index is 325. The number of hydrogen-bond acceptors (Lipinski definition) is 4. The Balaban J connectivity index is 2.37. The van der Waals surface area contributed by atoms with Crippen molar-refractivity contribution < 1.29 is 9.53 Å². The summed E-state index contributed by atoms with van der Waals surface area (Å²) in [5, 5.41) is 6.85. The molecule has 15 heavy (non-hydrogen) atoms. The van der Waals surface area contributed by atoms with Crippen LogP contribution in [0.3, 0.4) is 0 Å². The highest BCUT2D eigenvalue weighted by atomic mass is 32.1. The van der Waals surface area contributed by atoms with Gasteiger partial charge in [-0.05, 0) is 28.8 Å². The molecule has 1 aromatic heterocycles. The molecule has 1 unspecified atom stereocenters. The van der Waals surface area contributed by atoms with Gasteiger partial charge in [0.25, 0.3) is 0 Å². The molecule has 5 heteroatoms. The fourth-order valence-electron chi connectivity index (χ4n) is 1.14. The molecule has 0 aliphatic carbocycles. The fraction of sp³-hybridized carbons (Fsp3) is 0.500. The Hall–Kier alpha value is -0.910. The third-order valence-electron chi connectivity index (χ3n) is 2.10. The number of nitrogens with one attached hydrogen (secondary N) is 1. The second-order valence-electron chi connectivity index (χ2n) is 3.36. The van der Waals surface area contributed by atoms with Crippen molar-refractivity contribution in [2.45, 2.75) is 19.5 Å². The van der Waals surface area contributed by atoms with Gasteiger partial charge >= 0.3 is 0 Å². The molecule has 1 atom stereocenters. The lowest BCUT2D eigenvalue weighted by atomic mass is 10.2. The molecule has 1 aromatic rings. The van der Waals surface area contributed by atoms with Gasteiger partial charge in [0.05, 0.1) is 6.61 Å². The van der Waals surface area contributed by atoms with Crippen LogP contribution < -0.4 is 11.1 Å². The molecule has 1 rings (SSSR count). The molecule has 0 aliphatic rings. The number of amides is 1. The first kappa shape index (κ1) is 12.2. The van der Waals surface area contributed by atoms with Crippen LogP contribution in [0.2, 0.25) is 0 Å². The van der Waals surface area contributed by atoms with Crippen molar-refractivity contribution in [1.82, 2.24) is 5.32 Å². The number of thiophene rings is 1. The molecule has 4 nitrogen and oxygen atoms in total. The number of aryl methyl sites for hydroxylation is 1. The van der Waals surface area contributed by atoms with Crippen LogP contribution in [0.1, 0.15) is 11.1 Å². The van der Waals surface area contributed by atoms with E-state index in [1.807, 2.05) is 12.3 Å². The fourth-order valence-corrected chi connectivity index (χ4v) is 1.99. The van der Waals surface area contributed by atoms with Gasteiger partial charge in [-0.1, -0.05) is 0 Å². The maximum absolute atomic E-state index is 11.4. The molecule has 0 spiro atoms. The van der Waals surface area contributed by atoms with Crippen LogP contribution in [0.15, 0.2) is 10.8 Å². The van der Waals surface area contributed by atoms with Gasteiger partial charge < -0.3 is 15.8 Å². The van der Waals surface area contributed by atoms with Crippen LogP contribution in [-0.4, -0.2) is 25.7 Å². The van der Waals surface area contributed by atoms with Gasteiger partial charge in [-0.2, -0.15) is 11.3 Å². The molecule has 84 valence electrons. The van der Waals surface area contributed by atoms with E-state index in [0.29, 0.717) is 6.54 Å². The van der Waals surface area contributed by atoms with Crippen molar-refractivity contribution in [3.8, 4) is 0 Å². The number of hydrogen-bond donors (Lipinski definition) is 2. The molecule has 0 radical (unpaired) electrons. The van der Waals surface area contributed by atoms with Gasteiger partial charge in [0, 0.05) is 13.7 Å². The van der Waals surface area contributed by atoms with Gasteiger partial charge in [0.2, 0.25) is 5.91 Å². The average molecular weight is 228 g/mol. The summed E-state index contributed by atoms with van der Waals surface area (Å²) in [6.45, 7) is 2.80. The summed E-state index contributed by atoms with van der Waals surface area (Å²) in [7, 11) is 1.52. The molecule has 0 saturated heterocycles. The van der Waals surface area contributed by atoms with Crippen molar-refractivity contribution in [2.24, 2.45) is 5.73 Å².